The van der Waals surface area contributed by atoms with Gasteiger partial charge in [0.2, 0.25) is 0 Å². The first kappa shape index (κ1) is 6.25. The molecule has 0 bridgehead atoms. The van der Waals surface area contributed by atoms with Crippen LogP contribution in [-0.2, 0) is 4.18 Å². The highest BCUT2D eigenvalue weighted by Gasteiger charge is 2.18. The fraction of sp³-hybridized carbons (Fsp3) is 0.250. The molecule has 0 unspecified atom stereocenters. The van der Waals surface area contributed by atoms with E-state index in [1.807, 2.05) is 12.1 Å². The molecule has 0 N–H and O–H groups in total. The average molecular weight is 152 g/mol. The Morgan fingerprint density at radius 3 is 3.00 bits per heavy atom. The van der Waals surface area contributed by atoms with Gasteiger partial charge in [0, 0.05) is 16.9 Å². The van der Waals surface area contributed by atoms with E-state index in [9.17, 15) is 0 Å². The van der Waals surface area contributed by atoms with E-state index < -0.39 is 0 Å². The molecule has 52 valence electrons. The van der Waals surface area contributed by atoms with Gasteiger partial charge >= 0.3 is 0 Å². The smallest absolute Gasteiger partial charge is 0.0960 e. The lowest BCUT2D eigenvalue weighted by Crippen LogP contribution is -1.85. The molecule has 0 aliphatic carbocycles. The lowest BCUT2D eigenvalue weighted by molar-refractivity contribution is 0.286. The SMILES string of the molecule is C[C@@H]1OSc2ccccc21. The molecule has 1 aromatic rings. The van der Waals surface area contributed by atoms with Crippen molar-refractivity contribution in [2.45, 2.75) is 17.9 Å². The standard InChI is InChI=1S/C8H8OS/c1-6-7-4-2-3-5-8(7)10-9-6/h2-6H,1H3/t6-/m0/s1. The third-order valence-electron chi connectivity index (χ3n) is 1.64. The zero-order valence-corrected chi connectivity index (χ0v) is 6.52. The average Bonchev–Trinajstić information content (AvgIpc) is 2.34. The van der Waals surface area contributed by atoms with Gasteiger partial charge < -0.3 is 4.18 Å². The van der Waals surface area contributed by atoms with E-state index in [0.717, 1.165) is 0 Å². The van der Waals surface area contributed by atoms with Gasteiger partial charge in [0.15, 0.2) is 0 Å². The van der Waals surface area contributed by atoms with Crippen LogP contribution in [0.4, 0.5) is 0 Å². The third-order valence-corrected chi connectivity index (χ3v) is 2.58. The molecule has 1 aliphatic rings. The van der Waals surface area contributed by atoms with Gasteiger partial charge in [-0.25, -0.2) is 0 Å². The maximum absolute atomic E-state index is 5.34. The fourth-order valence-electron chi connectivity index (χ4n) is 1.07. The van der Waals surface area contributed by atoms with Crippen LogP contribution in [0, 0.1) is 0 Å². The molecule has 2 rings (SSSR count). The van der Waals surface area contributed by atoms with Gasteiger partial charge in [-0.2, -0.15) is 0 Å². The summed E-state index contributed by atoms with van der Waals surface area (Å²) < 4.78 is 5.34. The van der Waals surface area contributed by atoms with Crippen LogP contribution >= 0.6 is 12.0 Å². The summed E-state index contributed by atoms with van der Waals surface area (Å²) in [5, 5.41) is 0. The molecule has 0 spiro atoms. The number of rotatable bonds is 0. The van der Waals surface area contributed by atoms with Crippen molar-refractivity contribution < 1.29 is 4.18 Å². The minimum atomic E-state index is 0.265. The van der Waals surface area contributed by atoms with Gasteiger partial charge in [-0.05, 0) is 18.6 Å². The highest BCUT2D eigenvalue weighted by atomic mass is 32.2. The normalized spacial score (nSPS) is 22.7. The summed E-state index contributed by atoms with van der Waals surface area (Å²) in [7, 11) is 0. The second-order valence-corrected chi connectivity index (χ2v) is 3.16. The van der Waals surface area contributed by atoms with Crippen molar-refractivity contribution in [3.8, 4) is 0 Å². The summed E-state index contributed by atoms with van der Waals surface area (Å²) >= 11 is 1.48. The van der Waals surface area contributed by atoms with Gasteiger partial charge in [-0.3, -0.25) is 0 Å². The van der Waals surface area contributed by atoms with Crippen molar-refractivity contribution in [3.63, 3.8) is 0 Å². The second kappa shape index (κ2) is 2.29. The summed E-state index contributed by atoms with van der Waals surface area (Å²) in [4.78, 5) is 1.26. The Morgan fingerprint density at radius 2 is 2.20 bits per heavy atom. The first-order valence-corrected chi connectivity index (χ1v) is 4.04. The van der Waals surface area contributed by atoms with E-state index in [1.54, 1.807) is 0 Å². The number of hydrogen-bond donors (Lipinski definition) is 0. The Kier molecular flexibility index (Phi) is 1.43. The quantitative estimate of drug-likeness (QED) is 0.529. The predicted octanol–water partition coefficient (Wildman–Crippen LogP) is 2.78. The Hall–Kier alpha value is -0.470. The first-order valence-electron chi connectivity index (χ1n) is 3.30. The van der Waals surface area contributed by atoms with Gasteiger partial charge in [0.1, 0.15) is 0 Å². The molecule has 0 fully saturated rings. The van der Waals surface area contributed by atoms with Gasteiger partial charge in [-0.15, -0.1) is 0 Å². The van der Waals surface area contributed by atoms with Crippen LogP contribution < -0.4 is 0 Å². The Labute approximate surface area is 64.6 Å². The molecular formula is C8H8OS. The van der Waals surface area contributed by atoms with Crippen molar-refractivity contribution in [2.24, 2.45) is 0 Å². The maximum Gasteiger partial charge on any atom is 0.0960 e. The van der Waals surface area contributed by atoms with Crippen molar-refractivity contribution >= 4 is 12.0 Å². The van der Waals surface area contributed by atoms with Crippen LogP contribution in [0.15, 0.2) is 29.2 Å². The van der Waals surface area contributed by atoms with E-state index in [2.05, 4.69) is 19.1 Å². The summed E-state index contributed by atoms with van der Waals surface area (Å²) in [6, 6.07) is 8.28. The molecule has 1 nitrogen and oxygen atoms in total. The van der Waals surface area contributed by atoms with E-state index in [4.69, 9.17) is 4.18 Å². The van der Waals surface area contributed by atoms with Crippen LogP contribution in [0.3, 0.4) is 0 Å². The van der Waals surface area contributed by atoms with E-state index >= 15 is 0 Å². The summed E-state index contributed by atoms with van der Waals surface area (Å²) in [5.74, 6) is 0. The zero-order chi connectivity index (χ0) is 6.97. The predicted molar refractivity (Wildman–Crippen MR) is 41.8 cm³/mol. The molecule has 1 heterocycles. The molecule has 0 saturated heterocycles. The molecule has 0 radical (unpaired) electrons. The molecule has 1 atom stereocenters. The third kappa shape index (κ3) is 0.842. The minimum absolute atomic E-state index is 0.265. The summed E-state index contributed by atoms with van der Waals surface area (Å²) in [6.07, 6.45) is 0.265. The molecular weight excluding hydrogens is 144 g/mol. The number of benzene rings is 1. The molecule has 10 heavy (non-hydrogen) atoms. The number of fused-ring (bicyclic) bond motifs is 1. The second-order valence-electron chi connectivity index (χ2n) is 2.36. The van der Waals surface area contributed by atoms with Gasteiger partial charge in [0.25, 0.3) is 0 Å². The van der Waals surface area contributed by atoms with E-state index in [-0.39, 0.29) is 6.10 Å². The topological polar surface area (TPSA) is 9.23 Å². The maximum atomic E-state index is 5.34. The van der Waals surface area contributed by atoms with Gasteiger partial charge in [-0.1, -0.05) is 18.2 Å². The highest BCUT2D eigenvalue weighted by Crippen LogP contribution is 2.40. The van der Waals surface area contributed by atoms with Crippen LogP contribution in [0.1, 0.15) is 18.6 Å². The fourth-order valence-corrected chi connectivity index (χ4v) is 1.88. The lowest BCUT2D eigenvalue weighted by Gasteiger charge is -1.98. The van der Waals surface area contributed by atoms with Crippen LogP contribution in [-0.4, -0.2) is 0 Å². The van der Waals surface area contributed by atoms with Crippen molar-refractivity contribution in [1.82, 2.24) is 0 Å². The Morgan fingerprint density at radius 1 is 1.40 bits per heavy atom. The summed E-state index contributed by atoms with van der Waals surface area (Å²) in [6.45, 7) is 2.07. The lowest BCUT2D eigenvalue weighted by atomic mass is 10.1. The minimum Gasteiger partial charge on any atom is -0.302 e. The van der Waals surface area contributed by atoms with Crippen LogP contribution in [0.25, 0.3) is 0 Å². The molecule has 0 saturated carbocycles. The largest absolute Gasteiger partial charge is 0.302 e. The van der Waals surface area contributed by atoms with Crippen molar-refractivity contribution in [3.05, 3.63) is 29.8 Å². The monoisotopic (exact) mass is 152 g/mol. The Bertz CT molecular complexity index is 247. The molecule has 0 aromatic heterocycles. The van der Waals surface area contributed by atoms with Crippen LogP contribution in [0.5, 0.6) is 0 Å². The summed E-state index contributed by atoms with van der Waals surface area (Å²) in [5.41, 5.74) is 1.31. The number of hydrogen-bond acceptors (Lipinski definition) is 2. The molecule has 2 heteroatoms. The van der Waals surface area contributed by atoms with E-state index in [1.165, 1.54) is 22.5 Å². The van der Waals surface area contributed by atoms with Crippen molar-refractivity contribution in [2.75, 3.05) is 0 Å². The van der Waals surface area contributed by atoms with Crippen LogP contribution in [0.2, 0.25) is 0 Å². The van der Waals surface area contributed by atoms with Gasteiger partial charge in [0.05, 0.1) is 6.10 Å². The van der Waals surface area contributed by atoms with E-state index in [0.29, 0.717) is 0 Å². The van der Waals surface area contributed by atoms with Crippen molar-refractivity contribution in [1.29, 1.82) is 0 Å². The highest BCUT2D eigenvalue weighted by molar-refractivity contribution is 7.95. The zero-order valence-electron chi connectivity index (χ0n) is 5.70. The molecule has 1 aliphatic heterocycles. The Balaban J connectivity index is 2.51. The molecule has 0 amide bonds. The molecule has 1 aromatic carbocycles. The first-order chi connectivity index (χ1) is 4.88.